The minimum absolute atomic E-state index is 0.0239. The Morgan fingerprint density at radius 2 is 1.70 bits per heavy atom. The average Bonchev–Trinajstić information content (AvgIpc) is 2.87. The molecule has 0 aliphatic carbocycles. The lowest BCUT2D eigenvalue weighted by Crippen LogP contribution is -2.29. The number of nitrogens with zero attached hydrogens (tertiary/aromatic N) is 1. The Labute approximate surface area is 160 Å². The van der Waals surface area contributed by atoms with Gasteiger partial charge in [-0.1, -0.05) is 48.5 Å². The molecule has 4 nitrogen and oxygen atoms in total. The molecule has 0 saturated heterocycles. The molecule has 0 radical (unpaired) electrons. The maximum Gasteiger partial charge on any atom is 0.306 e. The van der Waals surface area contributed by atoms with Gasteiger partial charge in [0.15, 0.2) is 0 Å². The lowest BCUT2D eigenvalue weighted by Gasteiger charge is -2.20. The van der Waals surface area contributed by atoms with Crippen molar-refractivity contribution >= 4 is 29.2 Å². The Morgan fingerprint density at radius 1 is 1.04 bits per heavy atom. The Balaban J connectivity index is 1.75. The lowest BCUT2D eigenvalue weighted by atomic mass is 10.0. The summed E-state index contributed by atoms with van der Waals surface area (Å²) in [5.41, 5.74) is 3.02. The molecule has 1 aliphatic rings. The fourth-order valence-corrected chi connectivity index (χ4v) is 3.16. The first-order chi connectivity index (χ1) is 12.8. The minimum atomic E-state index is -0.487. The molecule has 27 heavy (non-hydrogen) atoms. The van der Waals surface area contributed by atoms with Gasteiger partial charge in [0, 0.05) is 24.1 Å². The fraction of sp³-hybridized carbons (Fsp3) is 0.304. The zero-order valence-corrected chi connectivity index (χ0v) is 16.1. The van der Waals surface area contributed by atoms with Gasteiger partial charge in [-0.05, 0) is 44.9 Å². The van der Waals surface area contributed by atoms with Crippen LogP contribution in [0.5, 0.6) is 0 Å². The number of esters is 1. The topological polar surface area (TPSA) is 46.6 Å². The molecule has 0 aromatic heterocycles. The van der Waals surface area contributed by atoms with E-state index in [-0.39, 0.29) is 11.9 Å². The predicted molar refractivity (Wildman–Crippen MR) is 108 cm³/mol. The summed E-state index contributed by atoms with van der Waals surface area (Å²) in [5, 5.41) is 0. The molecule has 0 atom stereocenters. The van der Waals surface area contributed by atoms with Gasteiger partial charge in [-0.2, -0.15) is 0 Å². The highest BCUT2D eigenvalue weighted by atomic mass is 16.6. The smallest absolute Gasteiger partial charge is 0.306 e. The zero-order chi connectivity index (χ0) is 19.4. The largest absolute Gasteiger partial charge is 0.460 e. The van der Waals surface area contributed by atoms with E-state index in [0.29, 0.717) is 25.0 Å². The Hall–Kier alpha value is -2.88. The van der Waals surface area contributed by atoms with E-state index in [9.17, 15) is 9.59 Å². The molecule has 1 amide bonds. The standard InChI is InChI=1S/C23H25NO3/c1-23(2,3)27-21(25)14-9-15-24-20-13-8-7-12-18(20)19(22(24)26)16-17-10-5-4-6-11-17/h4-8,10-13,16H,9,14-15H2,1-3H3. The van der Waals surface area contributed by atoms with Gasteiger partial charge in [-0.15, -0.1) is 0 Å². The molecular weight excluding hydrogens is 338 g/mol. The maximum absolute atomic E-state index is 13.0. The number of amides is 1. The van der Waals surface area contributed by atoms with Gasteiger partial charge in [0.1, 0.15) is 5.60 Å². The third-order valence-electron chi connectivity index (χ3n) is 4.25. The first-order valence-electron chi connectivity index (χ1n) is 9.25. The molecule has 1 heterocycles. The second-order valence-corrected chi connectivity index (χ2v) is 7.63. The number of rotatable bonds is 5. The van der Waals surface area contributed by atoms with E-state index in [4.69, 9.17) is 4.74 Å². The number of anilines is 1. The van der Waals surface area contributed by atoms with Gasteiger partial charge in [0.2, 0.25) is 0 Å². The van der Waals surface area contributed by atoms with Crippen LogP contribution in [0.1, 0.15) is 44.7 Å². The van der Waals surface area contributed by atoms with Crippen LogP contribution in [0.3, 0.4) is 0 Å². The molecule has 4 heteroatoms. The second-order valence-electron chi connectivity index (χ2n) is 7.63. The molecule has 1 aliphatic heterocycles. The molecule has 3 rings (SSSR count). The SMILES string of the molecule is CC(C)(C)OC(=O)CCCN1C(=O)C(=Cc2ccccc2)c2ccccc21. The van der Waals surface area contributed by atoms with Crippen molar-refractivity contribution in [2.45, 2.75) is 39.2 Å². The van der Waals surface area contributed by atoms with E-state index in [2.05, 4.69) is 0 Å². The van der Waals surface area contributed by atoms with Crippen molar-refractivity contribution in [3.05, 3.63) is 65.7 Å². The van der Waals surface area contributed by atoms with Crippen LogP contribution < -0.4 is 4.90 Å². The van der Waals surface area contributed by atoms with Crippen LogP contribution in [0, 0.1) is 0 Å². The van der Waals surface area contributed by atoms with Gasteiger partial charge >= 0.3 is 5.97 Å². The molecule has 2 aromatic rings. The fourth-order valence-electron chi connectivity index (χ4n) is 3.16. The van der Waals surface area contributed by atoms with E-state index < -0.39 is 5.60 Å². The molecule has 0 fully saturated rings. The summed E-state index contributed by atoms with van der Waals surface area (Å²) in [5.74, 6) is -0.258. The number of fused-ring (bicyclic) bond motifs is 1. The molecule has 0 N–H and O–H groups in total. The van der Waals surface area contributed by atoms with Crippen LogP contribution in [-0.4, -0.2) is 24.0 Å². The number of benzene rings is 2. The highest BCUT2D eigenvalue weighted by molar-refractivity contribution is 6.35. The third kappa shape index (κ3) is 4.64. The van der Waals surface area contributed by atoms with Crippen molar-refractivity contribution in [1.29, 1.82) is 0 Å². The molecule has 0 saturated carbocycles. The van der Waals surface area contributed by atoms with Crippen molar-refractivity contribution in [1.82, 2.24) is 0 Å². The average molecular weight is 363 g/mol. The maximum atomic E-state index is 13.0. The molecule has 0 spiro atoms. The monoisotopic (exact) mass is 363 g/mol. The van der Waals surface area contributed by atoms with Crippen molar-refractivity contribution < 1.29 is 14.3 Å². The van der Waals surface area contributed by atoms with Crippen molar-refractivity contribution in [3.63, 3.8) is 0 Å². The van der Waals surface area contributed by atoms with Crippen LogP contribution in [0.15, 0.2) is 54.6 Å². The number of hydrogen-bond acceptors (Lipinski definition) is 3. The van der Waals surface area contributed by atoms with Crippen molar-refractivity contribution in [3.8, 4) is 0 Å². The quantitative estimate of drug-likeness (QED) is 0.572. The van der Waals surface area contributed by atoms with Gasteiger partial charge in [0.25, 0.3) is 5.91 Å². The lowest BCUT2D eigenvalue weighted by molar-refractivity contribution is -0.154. The van der Waals surface area contributed by atoms with E-state index in [1.54, 1.807) is 4.90 Å². The normalized spacial score (nSPS) is 15.1. The van der Waals surface area contributed by atoms with E-state index in [1.165, 1.54) is 0 Å². The minimum Gasteiger partial charge on any atom is -0.460 e. The summed E-state index contributed by atoms with van der Waals surface area (Å²) in [6.07, 6.45) is 2.78. The summed E-state index contributed by atoms with van der Waals surface area (Å²) in [6.45, 7) is 6.05. The van der Waals surface area contributed by atoms with E-state index in [1.807, 2.05) is 81.4 Å². The van der Waals surface area contributed by atoms with Gasteiger partial charge in [0.05, 0.1) is 5.69 Å². The van der Waals surface area contributed by atoms with Crippen molar-refractivity contribution in [2.24, 2.45) is 0 Å². The summed E-state index contributed by atoms with van der Waals surface area (Å²) < 4.78 is 5.35. The molecule has 0 bridgehead atoms. The number of para-hydroxylation sites is 1. The van der Waals surface area contributed by atoms with Crippen LogP contribution in [-0.2, 0) is 14.3 Å². The highest BCUT2D eigenvalue weighted by Gasteiger charge is 2.31. The highest BCUT2D eigenvalue weighted by Crippen LogP contribution is 2.37. The van der Waals surface area contributed by atoms with Crippen LogP contribution >= 0.6 is 0 Å². The van der Waals surface area contributed by atoms with Crippen molar-refractivity contribution in [2.75, 3.05) is 11.4 Å². The number of ether oxygens (including phenoxy) is 1. The molecule has 2 aromatic carbocycles. The molecular formula is C23H25NO3. The van der Waals surface area contributed by atoms with Crippen LogP contribution in [0.2, 0.25) is 0 Å². The first kappa shape index (κ1) is 18.9. The van der Waals surface area contributed by atoms with Crippen LogP contribution in [0.25, 0.3) is 11.6 Å². The van der Waals surface area contributed by atoms with E-state index >= 15 is 0 Å². The van der Waals surface area contributed by atoms with Crippen LogP contribution in [0.4, 0.5) is 5.69 Å². The summed E-state index contributed by atoms with van der Waals surface area (Å²) in [7, 11) is 0. The Bertz CT molecular complexity index is 863. The first-order valence-corrected chi connectivity index (χ1v) is 9.25. The number of carbonyl (C=O) groups is 2. The Morgan fingerprint density at radius 3 is 2.41 bits per heavy atom. The third-order valence-corrected chi connectivity index (χ3v) is 4.25. The predicted octanol–water partition coefficient (Wildman–Crippen LogP) is 4.70. The van der Waals surface area contributed by atoms with Gasteiger partial charge in [-0.25, -0.2) is 0 Å². The summed E-state index contributed by atoms with van der Waals surface area (Å²) in [4.78, 5) is 26.7. The number of hydrogen-bond donors (Lipinski definition) is 0. The van der Waals surface area contributed by atoms with E-state index in [0.717, 1.165) is 16.8 Å². The Kier molecular flexibility index (Phi) is 5.45. The summed E-state index contributed by atoms with van der Waals surface area (Å²) >= 11 is 0. The van der Waals surface area contributed by atoms with Gasteiger partial charge in [-0.3, -0.25) is 9.59 Å². The summed E-state index contributed by atoms with van der Waals surface area (Å²) in [6, 6.07) is 17.6. The molecule has 140 valence electrons. The zero-order valence-electron chi connectivity index (χ0n) is 16.1. The van der Waals surface area contributed by atoms with Gasteiger partial charge < -0.3 is 9.64 Å². The second kappa shape index (κ2) is 7.78. The number of carbonyl (C=O) groups excluding carboxylic acids is 2. The molecule has 0 unspecified atom stereocenters.